The maximum Gasteiger partial charge on any atom is 1.00 e. The molecule has 1 saturated carbocycles. The minimum atomic E-state index is -1.03. The number of carbonyl (C=O) groups excluding carboxylic acids is 1. The fourth-order valence-corrected chi connectivity index (χ4v) is 6.40. The van der Waals surface area contributed by atoms with Gasteiger partial charge in [-0.05, 0) is 89.8 Å². The SMILES string of the molecule is COc1ccc(COC(COCc2ccc(C(=O)N[C@@H](CCSC)C(=O)O)c(-c3ccccc3C)c2)CC2CCCCC2)cc1.[H-].[Li+]. The molecule has 1 aliphatic carbocycles. The minimum absolute atomic E-state index is 0. The van der Waals surface area contributed by atoms with Crippen LogP contribution in [0.4, 0.5) is 0 Å². The predicted octanol–water partition coefficient (Wildman–Crippen LogP) is 4.80. The Balaban J connectivity index is 0.00000384. The van der Waals surface area contributed by atoms with Gasteiger partial charge in [0.25, 0.3) is 5.91 Å². The van der Waals surface area contributed by atoms with Crippen LogP contribution in [0.15, 0.2) is 66.7 Å². The number of carboxylic acids is 1. The largest absolute Gasteiger partial charge is 1.00 e. The molecule has 0 heterocycles. The summed E-state index contributed by atoms with van der Waals surface area (Å²) < 4.78 is 18.0. The molecule has 9 heteroatoms. The average Bonchev–Trinajstić information content (AvgIpc) is 3.06. The number of aliphatic carboxylic acids is 1. The molecule has 1 amide bonds. The molecular formula is C37H48LiNO6S. The van der Waals surface area contributed by atoms with Crippen molar-refractivity contribution < 1.29 is 49.2 Å². The zero-order valence-corrected chi connectivity index (χ0v) is 28.6. The van der Waals surface area contributed by atoms with E-state index >= 15 is 0 Å². The standard InChI is InChI=1S/C37H47NO6S.Li.H/c1-26-9-7-8-12-32(26)34-22-29(15-18-33(34)36(39)38-35(37(40)41)19-20-45-3)23-43-25-31(21-27-10-5-4-6-11-27)44-24-28-13-16-30(42-2)17-14-28;;/h7-9,12-18,22,27,31,35H,4-6,10-11,19-21,23-25H2,1-3H3,(H,38,39)(H,40,41);;/q;+1;-1/t31?,35-;;/m0../s1. The number of nitrogens with one attached hydrogen (secondary N) is 1. The molecule has 1 unspecified atom stereocenters. The fourth-order valence-electron chi connectivity index (χ4n) is 5.93. The van der Waals surface area contributed by atoms with Crippen molar-refractivity contribution in [2.24, 2.45) is 5.92 Å². The van der Waals surface area contributed by atoms with E-state index < -0.39 is 17.9 Å². The third-order valence-corrected chi connectivity index (χ3v) is 9.16. The number of benzene rings is 3. The van der Waals surface area contributed by atoms with Crippen molar-refractivity contribution in [2.75, 3.05) is 25.7 Å². The first-order chi connectivity index (χ1) is 21.9. The van der Waals surface area contributed by atoms with Crippen LogP contribution in [0.1, 0.15) is 73.4 Å². The molecule has 244 valence electrons. The molecule has 0 bridgehead atoms. The first kappa shape index (κ1) is 37.7. The average molecular weight is 642 g/mol. The molecule has 7 nitrogen and oxygen atoms in total. The summed E-state index contributed by atoms with van der Waals surface area (Å²) in [6.07, 6.45) is 9.59. The third kappa shape index (κ3) is 11.5. The number of hydrogen-bond acceptors (Lipinski definition) is 6. The number of amides is 1. The Morgan fingerprint density at radius 2 is 1.70 bits per heavy atom. The van der Waals surface area contributed by atoms with Gasteiger partial charge in [-0.15, -0.1) is 0 Å². The van der Waals surface area contributed by atoms with Gasteiger partial charge in [0, 0.05) is 5.56 Å². The number of hydrogen-bond donors (Lipinski definition) is 2. The topological polar surface area (TPSA) is 94.1 Å². The number of methoxy groups -OCH3 is 1. The van der Waals surface area contributed by atoms with Crippen molar-refractivity contribution in [2.45, 2.75) is 77.2 Å². The van der Waals surface area contributed by atoms with Gasteiger partial charge in [0.1, 0.15) is 11.8 Å². The van der Waals surface area contributed by atoms with Crippen LogP contribution < -0.4 is 28.9 Å². The minimum Gasteiger partial charge on any atom is -1.00 e. The van der Waals surface area contributed by atoms with Crippen LogP contribution in [-0.4, -0.2) is 54.9 Å². The van der Waals surface area contributed by atoms with E-state index in [-0.39, 0.29) is 26.4 Å². The van der Waals surface area contributed by atoms with Gasteiger partial charge in [0.15, 0.2) is 0 Å². The van der Waals surface area contributed by atoms with Gasteiger partial charge in [-0.2, -0.15) is 11.8 Å². The molecule has 0 radical (unpaired) electrons. The maximum atomic E-state index is 13.4. The van der Waals surface area contributed by atoms with Crippen LogP contribution >= 0.6 is 11.8 Å². The molecule has 1 fully saturated rings. The first-order valence-corrected chi connectivity index (χ1v) is 17.3. The maximum absolute atomic E-state index is 13.4. The molecule has 3 aromatic rings. The number of thioether (sulfide) groups is 1. The summed E-state index contributed by atoms with van der Waals surface area (Å²) in [5.41, 5.74) is 5.20. The Bertz CT molecular complexity index is 1390. The van der Waals surface area contributed by atoms with Crippen LogP contribution in [0.3, 0.4) is 0 Å². The molecule has 0 aromatic heterocycles. The quantitative estimate of drug-likeness (QED) is 0.205. The summed E-state index contributed by atoms with van der Waals surface area (Å²) in [6, 6.07) is 20.6. The summed E-state index contributed by atoms with van der Waals surface area (Å²) in [5, 5.41) is 12.4. The molecule has 3 aromatic carbocycles. The number of aryl methyl sites for hydroxylation is 1. The second-order valence-electron chi connectivity index (χ2n) is 11.9. The summed E-state index contributed by atoms with van der Waals surface area (Å²) >= 11 is 1.55. The van der Waals surface area contributed by atoms with Crippen LogP contribution in [0.25, 0.3) is 11.1 Å². The monoisotopic (exact) mass is 641 g/mol. The van der Waals surface area contributed by atoms with Gasteiger partial charge < -0.3 is 26.1 Å². The molecule has 46 heavy (non-hydrogen) atoms. The van der Waals surface area contributed by atoms with Gasteiger partial charge in [-0.1, -0.05) is 74.6 Å². The molecule has 2 N–H and O–H groups in total. The summed E-state index contributed by atoms with van der Waals surface area (Å²) in [7, 11) is 1.66. The van der Waals surface area contributed by atoms with Crippen molar-refractivity contribution in [3.8, 4) is 16.9 Å². The van der Waals surface area contributed by atoms with Crippen molar-refractivity contribution in [1.82, 2.24) is 5.32 Å². The van der Waals surface area contributed by atoms with Gasteiger partial charge in [-0.3, -0.25) is 4.79 Å². The van der Waals surface area contributed by atoms with Gasteiger partial charge >= 0.3 is 24.8 Å². The number of rotatable bonds is 17. The van der Waals surface area contributed by atoms with E-state index in [4.69, 9.17) is 14.2 Å². The van der Waals surface area contributed by atoms with Crippen molar-refractivity contribution in [3.05, 3.63) is 89.0 Å². The molecule has 0 saturated heterocycles. The normalized spacial score (nSPS) is 14.6. The first-order valence-electron chi connectivity index (χ1n) is 15.9. The van der Waals surface area contributed by atoms with E-state index in [0.29, 0.717) is 43.5 Å². The van der Waals surface area contributed by atoms with E-state index in [0.717, 1.165) is 40.0 Å². The van der Waals surface area contributed by atoms with Crippen LogP contribution in [0.5, 0.6) is 5.75 Å². The molecule has 2 atom stereocenters. The molecule has 0 aliphatic heterocycles. The summed E-state index contributed by atoms with van der Waals surface area (Å²) in [4.78, 5) is 25.3. The summed E-state index contributed by atoms with van der Waals surface area (Å²) in [6.45, 7) is 3.37. The third-order valence-electron chi connectivity index (χ3n) is 8.52. The summed E-state index contributed by atoms with van der Waals surface area (Å²) in [5.74, 6) is 0.695. The number of carboxylic acid groups (broad SMARTS) is 1. The van der Waals surface area contributed by atoms with E-state index in [1.54, 1.807) is 24.9 Å². The Kier molecular flexibility index (Phi) is 16.3. The Morgan fingerprint density at radius 3 is 2.37 bits per heavy atom. The van der Waals surface area contributed by atoms with E-state index in [1.807, 2.05) is 73.8 Å². The Morgan fingerprint density at radius 1 is 0.978 bits per heavy atom. The van der Waals surface area contributed by atoms with Crippen LogP contribution in [0.2, 0.25) is 0 Å². The second kappa shape index (κ2) is 19.8. The molecule has 4 rings (SSSR count). The smallest absolute Gasteiger partial charge is 1.00 e. The zero-order valence-electron chi connectivity index (χ0n) is 28.8. The molecular weight excluding hydrogens is 593 g/mol. The second-order valence-corrected chi connectivity index (χ2v) is 12.9. The Labute approximate surface area is 291 Å². The van der Waals surface area contributed by atoms with Crippen molar-refractivity contribution in [3.63, 3.8) is 0 Å². The number of carbonyl (C=O) groups is 2. The van der Waals surface area contributed by atoms with E-state index in [1.165, 1.54) is 32.1 Å². The van der Waals surface area contributed by atoms with E-state index in [2.05, 4.69) is 5.32 Å². The van der Waals surface area contributed by atoms with Gasteiger partial charge in [0.2, 0.25) is 0 Å². The molecule has 1 aliphatic rings. The van der Waals surface area contributed by atoms with Crippen LogP contribution in [-0.2, 0) is 27.5 Å². The zero-order chi connectivity index (χ0) is 32.0. The van der Waals surface area contributed by atoms with Crippen molar-refractivity contribution >= 4 is 23.6 Å². The fraction of sp³-hybridized carbons (Fsp3) is 0.459. The number of ether oxygens (including phenoxy) is 3. The van der Waals surface area contributed by atoms with E-state index in [9.17, 15) is 14.7 Å². The Hall–Kier alpha value is -2.73. The molecule has 0 spiro atoms. The van der Waals surface area contributed by atoms with Gasteiger partial charge in [-0.25, -0.2) is 4.79 Å². The van der Waals surface area contributed by atoms with Crippen molar-refractivity contribution in [1.29, 1.82) is 0 Å². The van der Waals surface area contributed by atoms with Crippen LogP contribution in [0, 0.1) is 12.8 Å². The van der Waals surface area contributed by atoms with Gasteiger partial charge in [0.05, 0.1) is 33.0 Å². The predicted molar refractivity (Wildman–Crippen MR) is 182 cm³/mol.